The van der Waals surface area contributed by atoms with Crippen molar-refractivity contribution < 1.29 is 13.9 Å². The average molecular weight is 429 g/mol. The number of ether oxygens (including phenoxy) is 1. The number of allylic oxidation sites excluding steroid dienone is 1. The van der Waals surface area contributed by atoms with Gasteiger partial charge in [-0.25, -0.2) is 9.79 Å². The van der Waals surface area contributed by atoms with Crippen LogP contribution in [0, 0.1) is 0 Å². The van der Waals surface area contributed by atoms with Crippen molar-refractivity contribution in [3.63, 3.8) is 0 Å². The van der Waals surface area contributed by atoms with E-state index in [4.69, 9.17) is 20.8 Å². The molecule has 6 nitrogen and oxygen atoms in total. The first-order chi connectivity index (χ1) is 14.0. The fourth-order valence-corrected chi connectivity index (χ4v) is 4.41. The van der Waals surface area contributed by atoms with E-state index in [0.717, 1.165) is 5.56 Å². The molecule has 2 aromatic heterocycles. The number of benzene rings is 1. The van der Waals surface area contributed by atoms with E-state index in [2.05, 4.69) is 4.99 Å². The Kier molecular flexibility index (Phi) is 5.25. The Balaban J connectivity index is 1.97. The van der Waals surface area contributed by atoms with Gasteiger partial charge in [0.2, 0.25) is 0 Å². The van der Waals surface area contributed by atoms with E-state index < -0.39 is 12.0 Å². The highest BCUT2D eigenvalue weighted by molar-refractivity contribution is 7.07. The summed E-state index contributed by atoms with van der Waals surface area (Å²) in [6.07, 6.45) is 3.22. The van der Waals surface area contributed by atoms with Crippen molar-refractivity contribution in [1.82, 2.24) is 4.57 Å². The number of esters is 1. The van der Waals surface area contributed by atoms with E-state index in [1.807, 2.05) is 0 Å². The highest BCUT2D eigenvalue weighted by Gasteiger charge is 2.33. The van der Waals surface area contributed by atoms with Crippen LogP contribution in [0.3, 0.4) is 0 Å². The zero-order valence-corrected chi connectivity index (χ0v) is 17.3. The molecule has 0 fully saturated rings. The van der Waals surface area contributed by atoms with E-state index in [0.29, 0.717) is 31.4 Å². The SMILES string of the molecule is CCOC(=O)C1=C(C)N=c2s/c(=C\c3ccco3)c(=O)n2C1c1ccc(Cl)cc1. The van der Waals surface area contributed by atoms with E-state index >= 15 is 0 Å². The fourth-order valence-electron chi connectivity index (χ4n) is 3.25. The summed E-state index contributed by atoms with van der Waals surface area (Å²) in [6, 6.07) is 9.93. The maximum Gasteiger partial charge on any atom is 0.338 e. The molecule has 0 N–H and O–H groups in total. The van der Waals surface area contributed by atoms with Gasteiger partial charge in [0.1, 0.15) is 5.76 Å². The van der Waals surface area contributed by atoms with Crippen molar-refractivity contribution in [3.8, 4) is 0 Å². The molecule has 0 radical (unpaired) electrons. The molecule has 0 saturated heterocycles. The number of hydrogen-bond donors (Lipinski definition) is 0. The molecular formula is C21H17ClN2O4S. The quantitative estimate of drug-likeness (QED) is 0.599. The number of furan rings is 1. The summed E-state index contributed by atoms with van der Waals surface area (Å²) in [6.45, 7) is 3.72. The Hall–Kier alpha value is -2.90. The van der Waals surface area contributed by atoms with Crippen LogP contribution in [0.15, 0.2) is 68.1 Å². The predicted molar refractivity (Wildman–Crippen MR) is 111 cm³/mol. The highest BCUT2D eigenvalue weighted by Crippen LogP contribution is 2.31. The summed E-state index contributed by atoms with van der Waals surface area (Å²) in [5, 5.41) is 0.567. The highest BCUT2D eigenvalue weighted by atomic mass is 35.5. The third-order valence-electron chi connectivity index (χ3n) is 4.52. The molecule has 0 spiro atoms. The van der Waals surface area contributed by atoms with Crippen molar-refractivity contribution in [2.24, 2.45) is 4.99 Å². The summed E-state index contributed by atoms with van der Waals surface area (Å²) < 4.78 is 12.6. The third-order valence-corrected chi connectivity index (χ3v) is 5.75. The van der Waals surface area contributed by atoms with Gasteiger partial charge in [0, 0.05) is 11.1 Å². The van der Waals surface area contributed by atoms with Crippen molar-refractivity contribution in [2.45, 2.75) is 19.9 Å². The van der Waals surface area contributed by atoms with Crippen LogP contribution in [0.5, 0.6) is 0 Å². The smallest absolute Gasteiger partial charge is 0.338 e. The molecular weight excluding hydrogens is 412 g/mol. The van der Waals surface area contributed by atoms with Crippen molar-refractivity contribution in [2.75, 3.05) is 6.61 Å². The molecule has 148 valence electrons. The van der Waals surface area contributed by atoms with Crippen LogP contribution >= 0.6 is 22.9 Å². The number of fused-ring (bicyclic) bond motifs is 1. The minimum atomic E-state index is -0.652. The van der Waals surface area contributed by atoms with Gasteiger partial charge in [-0.05, 0) is 43.7 Å². The van der Waals surface area contributed by atoms with E-state index in [1.165, 1.54) is 15.9 Å². The molecule has 1 aliphatic heterocycles. The van der Waals surface area contributed by atoms with Crippen LogP contribution in [0.1, 0.15) is 31.2 Å². The zero-order valence-electron chi connectivity index (χ0n) is 15.7. The molecule has 1 atom stereocenters. The number of aromatic nitrogens is 1. The number of hydrogen-bond acceptors (Lipinski definition) is 6. The minimum absolute atomic E-state index is 0.228. The van der Waals surface area contributed by atoms with E-state index in [9.17, 15) is 9.59 Å². The third kappa shape index (κ3) is 3.59. The van der Waals surface area contributed by atoms with Gasteiger partial charge in [-0.2, -0.15) is 0 Å². The molecule has 1 aliphatic rings. The van der Waals surface area contributed by atoms with Gasteiger partial charge < -0.3 is 9.15 Å². The molecule has 0 saturated carbocycles. The van der Waals surface area contributed by atoms with Gasteiger partial charge >= 0.3 is 5.97 Å². The van der Waals surface area contributed by atoms with Crippen LogP contribution in [-0.2, 0) is 9.53 Å². The Morgan fingerprint density at radius 3 is 2.76 bits per heavy atom. The summed E-state index contributed by atoms with van der Waals surface area (Å²) in [5.41, 5.74) is 1.36. The molecule has 8 heteroatoms. The van der Waals surface area contributed by atoms with E-state index in [1.54, 1.807) is 62.6 Å². The maximum absolute atomic E-state index is 13.3. The summed E-state index contributed by atoms with van der Waals surface area (Å²) in [5.74, 6) is 0.0775. The lowest BCUT2D eigenvalue weighted by Crippen LogP contribution is -2.39. The molecule has 3 heterocycles. The Labute approximate surface area is 175 Å². The normalized spacial score (nSPS) is 16.5. The number of rotatable bonds is 4. The lowest BCUT2D eigenvalue weighted by molar-refractivity contribution is -0.139. The first kappa shape index (κ1) is 19.4. The molecule has 0 bridgehead atoms. The Bertz CT molecular complexity index is 1270. The topological polar surface area (TPSA) is 73.8 Å². The largest absolute Gasteiger partial charge is 0.465 e. The summed E-state index contributed by atoms with van der Waals surface area (Å²) in [4.78, 5) is 31.0. The average Bonchev–Trinajstić information content (AvgIpc) is 3.30. The number of carbonyl (C=O) groups is 1. The minimum Gasteiger partial charge on any atom is -0.465 e. The van der Waals surface area contributed by atoms with Gasteiger partial charge in [-0.15, -0.1) is 0 Å². The molecule has 0 amide bonds. The second-order valence-corrected chi connectivity index (χ2v) is 7.81. The standard InChI is InChI=1S/C21H17ClN2O4S/c1-3-27-20(26)17-12(2)23-21-24(18(17)13-6-8-14(22)9-7-13)19(25)16(29-21)11-15-5-4-10-28-15/h4-11,18H,3H2,1-2H3/b16-11-. The Morgan fingerprint density at radius 1 is 1.34 bits per heavy atom. The molecule has 29 heavy (non-hydrogen) atoms. The maximum atomic E-state index is 13.3. The predicted octanol–water partition coefficient (Wildman–Crippen LogP) is 3.04. The monoisotopic (exact) mass is 428 g/mol. The first-order valence-corrected chi connectivity index (χ1v) is 10.2. The zero-order chi connectivity index (χ0) is 20.5. The van der Waals surface area contributed by atoms with Gasteiger partial charge in [0.25, 0.3) is 5.56 Å². The lowest BCUT2D eigenvalue weighted by Gasteiger charge is -2.24. The molecule has 1 unspecified atom stereocenters. The summed E-state index contributed by atoms with van der Waals surface area (Å²) >= 11 is 7.29. The van der Waals surface area contributed by atoms with E-state index in [-0.39, 0.29) is 12.2 Å². The number of carbonyl (C=O) groups excluding carboxylic acids is 1. The molecule has 4 rings (SSSR count). The van der Waals surface area contributed by atoms with Crippen LogP contribution < -0.4 is 14.9 Å². The van der Waals surface area contributed by atoms with Crippen molar-refractivity contribution in [3.05, 3.63) is 90.0 Å². The number of nitrogens with zero attached hydrogens (tertiary/aromatic N) is 2. The van der Waals surface area contributed by atoms with Crippen LogP contribution in [0.25, 0.3) is 6.08 Å². The number of halogens is 1. The van der Waals surface area contributed by atoms with Gasteiger partial charge in [-0.1, -0.05) is 35.1 Å². The molecule has 0 aliphatic carbocycles. The van der Waals surface area contributed by atoms with Gasteiger partial charge in [-0.3, -0.25) is 9.36 Å². The number of thiazole rings is 1. The fraction of sp³-hybridized carbons (Fsp3) is 0.190. The first-order valence-electron chi connectivity index (χ1n) is 8.98. The van der Waals surface area contributed by atoms with Crippen LogP contribution in [-0.4, -0.2) is 17.1 Å². The summed E-state index contributed by atoms with van der Waals surface area (Å²) in [7, 11) is 0. The van der Waals surface area contributed by atoms with Gasteiger partial charge in [0.15, 0.2) is 4.80 Å². The van der Waals surface area contributed by atoms with Crippen molar-refractivity contribution >= 4 is 35.0 Å². The Morgan fingerprint density at radius 2 is 2.10 bits per heavy atom. The van der Waals surface area contributed by atoms with Gasteiger partial charge in [0.05, 0.1) is 34.7 Å². The molecule has 3 aromatic rings. The van der Waals surface area contributed by atoms with Crippen LogP contribution in [0.4, 0.5) is 0 Å². The molecule has 1 aromatic carbocycles. The van der Waals surface area contributed by atoms with Crippen molar-refractivity contribution in [1.29, 1.82) is 0 Å². The second-order valence-electron chi connectivity index (χ2n) is 6.37. The van der Waals surface area contributed by atoms with Crippen LogP contribution in [0.2, 0.25) is 5.02 Å². The lowest BCUT2D eigenvalue weighted by atomic mass is 9.96. The second kappa shape index (κ2) is 7.85.